The van der Waals surface area contributed by atoms with Crippen LogP contribution >= 0.6 is 0 Å². The van der Waals surface area contributed by atoms with Crippen molar-refractivity contribution in [1.82, 2.24) is 19.6 Å². The molecule has 0 atom stereocenters. The van der Waals surface area contributed by atoms with E-state index in [0.29, 0.717) is 38.3 Å². The van der Waals surface area contributed by atoms with Gasteiger partial charge in [0.25, 0.3) is 11.8 Å². The van der Waals surface area contributed by atoms with Crippen LogP contribution in [0.4, 0.5) is 8.78 Å². The zero-order chi connectivity index (χ0) is 22.8. The van der Waals surface area contributed by atoms with E-state index in [4.69, 9.17) is 0 Å². The van der Waals surface area contributed by atoms with Gasteiger partial charge in [0.1, 0.15) is 0 Å². The molecular formula is C24H24F2N4O2. The van der Waals surface area contributed by atoms with Crippen molar-refractivity contribution in [3.63, 3.8) is 0 Å². The zero-order valence-electron chi connectivity index (χ0n) is 18.0. The molecule has 166 valence electrons. The van der Waals surface area contributed by atoms with Gasteiger partial charge in [0.05, 0.1) is 12.2 Å². The van der Waals surface area contributed by atoms with Crippen molar-refractivity contribution in [1.29, 1.82) is 0 Å². The highest BCUT2D eigenvalue weighted by molar-refractivity contribution is 5.96. The van der Waals surface area contributed by atoms with Crippen molar-refractivity contribution in [3.8, 4) is 0 Å². The third kappa shape index (κ3) is 4.54. The van der Waals surface area contributed by atoms with Gasteiger partial charge in [-0.25, -0.2) is 8.78 Å². The highest BCUT2D eigenvalue weighted by atomic mass is 19.2. The highest BCUT2D eigenvalue weighted by Gasteiger charge is 2.26. The standard InChI is InChI=1S/C24H24F2N4O2/c1-16-13-17(2)30(27-16)15-18-3-5-19(6-4-18)23(31)28-9-11-29(12-10-28)24(32)20-7-8-21(25)22(26)14-20/h3-8,13-14H,9-12,15H2,1-2H3. The summed E-state index contributed by atoms with van der Waals surface area (Å²) >= 11 is 0. The maximum Gasteiger partial charge on any atom is 0.254 e. The number of benzene rings is 2. The highest BCUT2D eigenvalue weighted by Crippen LogP contribution is 2.15. The summed E-state index contributed by atoms with van der Waals surface area (Å²) in [6, 6.07) is 12.6. The Hall–Kier alpha value is -3.55. The lowest BCUT2D eigenvalue weighted by Gasteiger charge is -2.35. The van der Waals surface area contributed by atoms with Crippen LogP contribution in [0.25, 0.3) is 0 Å². The van der Waals surface area contributed by atoms with Crippen LogP contribution in [0.2, 0.25) is 0 Å². The lowest BCUT2D eigenvalue weighted by molar-refractivity contribution is 0.0535. The molecule has 0 aliphatic carbocycles. The number of carbonyl (C=O) groups excluding carboxylic acids is 2. The lowest BCUT2D eigenvalue weighted by atomic mass is 10.1. The average Bonchev–Trinajstić information content (AvgIpc) is 3.11. The summed E-state index contributed by atoms with van der Waals surface area (Å²) < 4.78 is 28.5. The SMILES string of the molecule is Cc1cc(C)n(Cc2ccc(C(=O)N3CCN(C(=O)c4ccc(F)c(F)c4)CC3)cc2)n1. The largest absolute Gasteiger partial charge is 0.335 e. The molecule has 0 unspecified atom stereocenters. The second-order valence-corrected chi connectivity index (χ2v) is 7.99. The van der Waals surface area contributed by atoms with Crippen LogP contribution in [0.15, 0.2) is 48.5 Å². The van der Waals surface area contributed by atoms with E-state index in [0.717, 1.165) is 29.1 Å². The van der Waals surface area contributed by atoms with Gasteiger partial charge < -0.3 is 9.80 Å². The van der Waals surface area contributed by atoms with Gasteiger partial charge in [-0.2, -0.15) is 5.10 Å². The Bertz CT molecular complexity index is 1150. The zero-order valence-corrected chi connectivity index (χ0v) is 18.0. The van der Waals surface area contributed by atoms with Crippen LogP contribution in [0.3, 0.4) is 0 Å². The molecule has 0 radical (unpaired) electrons. The molecule has 1 aliphatic rings. The van der Waals surface area contributed by atoms with Crippen LogP contribution in [-0.4, -0.2) is 57.6 Å². The maximum atomic E-state index is 13.4. The summed E-state index contributed by atoms with van der Waals surface area (Å²) in [5, 5.41) is 4.46. The fraction of sp³-hybridized carbons (Fsp3) is 0.292. The minimum Gasteiger partial charge on any atom is -0.335 e. The fourth-order valence-corrected chi connectivity index (χ4v) is 3.87. The van der Waals surface area contributed by atoms with Crippen LogP contribution in [0.5, 0.6) is 0 Å². The minimum atomic E-state index is -1.05. The number of hydrogen-bond acceptors (Lipinski definition) is 3. The van der Waals surface area contributed by atoms with Gasteiger partial charge in [0.2, 0.25) is 0 Å². The molecule has 0 spiro atoms. The molecule has 0 N–H and O–H groups in total. The molecule has 32 heavy (non-hydrogen) atoms. The Morgan fingerprint density at radius 2 is 1.38 bits per heavy atom. The van der Waals surface area contributed by atoms with E-state index in [2.05, 4.69) is 5.10 Å². The van der Waals surface area contributed by atoms with Crippen LogP contribution < -0.4 is 0 Å². The summed E-state index contributed by atoms with van der Waals surface area (Å²) in [6.45, 7) is 6.02. The summed E-state index contributed by atoms with van der Waals surface area (Å²) in [4.78, 5) is 28.7. The number of halogens is 2. The average molecular weight is 438 g/mol. The van der Waals surface area contributed by atoms with Gasteiger partial charge >= 0.3 is 0 Å². The van der Waals surface area contributed by atoms with Gasteiger partial charge in [-0.1, -0.05) is 12.1 Å². The van der Waals surface area contributed by atoms with E-state index in [9.17, 15) is 18.4 Å². The van der Waals surface area contributed by atoms with Crippen molar-refractivity contribution in [2.75, 3.05) is 26.2 Å². The van der Waals surface area contributed by atoms with Gasteiger partial charge in [0, 0.05) is 43.0 Å². The smallest absolute Gasteiger partial charge is 0.254 e. The fourth-order valence-electron chi connectivity index (χ4n) is 3.87. The molecule has 1 fully saturated rings. The molecule has 1 aromatic heterocycles. The van der Waals surface area contributed by atoms with Gasteiger partial charge in [-0.3, -0.25) is 14.3 Å². The first kappa shape index (κ1) is 21.7. The van der Waals surface area contributed by atoms with Gasteiger partial charge in [-0.15, -0.1) is 0 Å². The minimum absolute atomic E-state index is 0.0948. The first-order chi connectivity index (χ1) is 15.3. The molecule has 2 aromatic carbocycles. The molecule has 1 aliphatic heterocycles. The maximum absolute atomic E-state index is 13.4. The number of amides is 2. The van der Waals surface area contributed by atoms with Crippen LogP contribution in [-0.2, 0) is 6.54 Å². The molecule has 4 rings (SSSR count). The normalized spacial score (nSPS) is 14.0. The van der Waals surface area contributed by atoms with E-state index < -0.39 is 11.6 Å². The molecule has 3 aromatic rings. The van der Waals surface area contributed by atoms with Crippen molar-refractivity contribution >= 4 is 11.8 Å². The summed E-state index contributed by atoms with van der Waals surface area (Å²) in [5.74, 6) is -2.50. The van der Waals surface area contributed by atoms with Crippen molar-refractivity contribution < 1.29 is 18.4 Å². The van der Waals surface area contributed by atoms with Crippen molar-refractivity contribution in [2.45, 2.75) is 20.4 Å². The number of piperazine rings is 1. The van der Waals surface area contributed by atoms with E-state index >= 15 is 0 Å². The molecule has 6 nitrogen and oxygen atoms in total. The van der Waals surface area contributed by atoms with Crippen molar-refractivity contribution in [2.24, 2.45) is 0 Å². The Morgan fingerprint density at radius 1 is 0.812 bits per heavy atom. The molecule has 2 heterocycles. The van der Waals surface area contributed by atoms with Gasteiger partial charge in [0.15, 0.2) is 11.6 Å². The second-order valence-electron chi connectivity index (χ2n) is 7.99. The summed E-state index contributed by atoms with van der Waals surface area (Å²) in [7, 11) is 0. The van der Waals surface area contributed by atoms with Crippen molar-refractivity contribution in [3.05, 3.63) is 88.2 Å². The number of nitrogens with zero attached hydrogens (tertiary/aromatic N) is 4. The first-order valence-corrected chi connectivity index (χ1v) is 10.5. The Kier molecular flexibility index (Phi) is 6.03. The van der Waals surface area contributed by atoms with E-state index in [-0.39, 0.29) is 17.4 Å². The summed E-state index contributed by atoms with van der Waals surface area (Å²) in [5.41, 5.74) is 3.79. The van der Waals surface area contributed by atoms with E-state index in [1.807, 2.05) is 48.9 Å². The monoisotopic (exact) mass is 438 g/mol. The second kappa shape index (κ2) is 8.90. The molecule has 1 saturated heterocycles. The number of carbonyl (C=O) groups is 2. The third-order valence-corrected chi connectivity index (χ3v) is 5.66. The molecule has 2 amide bonds. The number of aromatic nitrogens is 2. The number of rotatable bonds is 4. The molecule has 8 heteroatoms. The van der Waals surface area contributed by atoms with E-state index in [1.54, 1.807) is 9.80 Å². The lowest BCUT2D eigenvalue weighted by Crippen LogP contribution is -2.50. The number of hydrogen-bond donors (Lipinski definition) is 0. The third-order valence-electron chi connectivity index (χ3n) is 5.66. The topological polar surface area (TPSA) is 58.4 Å². The Balaban J connectivity index is 1.35. The quantitative estimate of drug-likeness (QED) is 0.627. The Morgan fingerprint density at radius 3 is 1.91 bits per heavy atom. The molecule has 0 bridgehead atoms. The van der Waals surface area contributed by atoms with Crippen LogP contribution in [0, 0.1) is 25.5 Å². The molecule has 0 saturated carbocycles. The van der Waals surface area contributed by atoms with Crippen LogP contribution in [0.1, 0.15) is 37.7 Å². The predicted octanol–water partition coefficient (Wildman–Crippen LogP) is 3.42. The summed E-state index contributed by atoms with van der Waals surface area (Å²) in [6.07, 6.45) is 0. The Labute approximate surface area is 185 Å². The predicted molar refractivity (Wildman–Crippen MR) is 115 cm³/mol. The number of aryl methyl sites for hydroxylation is 2. The first-order valence-electron chi connectivity index (χ1n) is 10.5. The molecular weight excluding hydrogens is 414 g/mol. The van der Waals surface area contributed by atoms with E-state index in [1.165, 1.54) is 6.07 Å². The van der Waals surface area contributed by atoms with Gasteiger partial charge in [-0.05, 0) is 55.8 Å².